The molecule has 2 aromatic rings. The lowest BCUT2D eigenvalue weighted by Gasteiger charge is -2.40. The number of hydrogen-bond acceptors (Lipinski definition) is 2. The maximum absolute atomic E-state index is 11.3. The molecular weight excluding hydrogens is 260 g/mol. The van der Waals surface area contributed by atoms with Gasteiger partial charge in [0, 0.05) is 5.92 Å². The van der Waals surface area contributed by atoms with E-state index in [1.54, 1.807) is 0 Å². The Kier molecular flexibility index (Phi) is 4.81. The number of rotatable bonds is 5. The van der Waals surface area contributed by atoms with Crippen LogP contribution in [0.1, 0.15) is 38.0 Å². The van der Waals surface area contributed by atoms with Gasteiger partial charge < -0.3 is 10.2 Å². The van der Waals surface area contributed by atoms with E-state index in [2.05, 4.69) is 0 Å². The molecular formula is C19H24O2. The second-order valence-electron chi connectivity index (χ2n) is 5.99. The molecule has 2 rings (SSSR count). The third-order valence-electron chi connectivity index (χ3n) is 4.43. The summed E-state index contributed by atoms with van der Waals surface area (Å²) in [6, 6.07) is 19.1. The van der Waals surface area contributed by atoms with Crippen molar-refractivity contribution in [1.82, 2.24) is 0 Å². The third-order valence-corrected chi connectivity index (χ3v) is 4.43. The van der Waals surface area contributed by atoms with E-state index in [1.807, 2.05) is 81.4 Å². The molecule has 0 aliphatic rings. The van der Waals surface area contributed by atoms with Crippen molar-refractivity contribution in [1.29, 1.82) is 0 Å². The fraction of sp³-hybridized carbons (Fsp3) is 0.368. The van der Waals surface area contributed by atoms with Gasteiger partial charge in [-0.1, -0.05) is 81.4 Å². The van der Waals surface area contributed by atoms with Gasteiger partial charge in [0.2, 0.25) is 0 Å². The molecule has 0 amide bonds. The number of hydrogen-bond donors (Lipinski definition) is 2. The fourth-order valence-electron chi connectivity index (χ4n) is 3.01. The molecule has 0 saturated heterocycles. The predicted octanol–water partition coefficient (Wildman–Crippen LogP) is 3.90. The minimum Gasteiger partial charge on any atom is -0.388 e. The molecule has 0 aromatic heterocycles. The summed E-state index contributed by atoms with van der Waals surface area (Å²) in [4.78, 5) is 0. The van der Waals surface area contributed by atoms with Crippen molar-refractivity contribution in [2.75, 3.05) is 0 Å². The average Bonchev–Trinajstić information content (AvgIpc) is 2.54. The van der Waals surface area contributed by atoms with Gasteiger partial charge in [-0.2, -0.15) is 0 Å². The van der Waals surface area contributed by atoms with E-state index in [0.29, 0.717) is 0 Å². The Bertz CT molecular complexity index is 550. The van der Waals surface area contributed by atoms with E-state index >= 15 is 0 Å². The second kappa shape index (κ2) is 6.42. The Hall–Kier alpha value is -1.64. The number of aliphatic hydroxyl groups excluding tert-OH is 1. The quantitative estimate of drug-likeness (QED) is 0.874. The number of aliphatic hydroxyl groups is 2. The maximum Gasteiger partial charge on any atom is 0.0972 e. The normalized spacial score (nSPS) is 17.2. The van der Waals surface area contributed by atoms with E-state index in [9.17, 15) is 10.2 Å². The van der Waals surface area contributed by atoms with Crippen LogP contribution in [0.15, 0.2) is 60.7 Å². The molecule has 21 heavy (non-hydrogen) atoms. The summed E-state index contributed by atoms with van der Waals surface area (Å²) in [5.41, 5.74) is 0.610. The van der Waals surface area contributed by atoms with Crippen LogP contribution in [0.2, 0.25) is 0 Å². The van der Waals surface area contributed by atoms with E-state index in [1.165, 1.54) is 0 Å². The zero-order valence-electron chi connectivity index (χ0n) is 12.9. The summed E-state index contributed by atoms with van der Waals surface area (Å²) in [5, 5.41) is 22.0. The molecule has 112 valence electrons. The zero-order chi connectivity index (χ0) is 15.5. The first-order chi connectivity index (χ1) is 9.98. The van der Waals surface area contributed by atoms with Crippen LogP contribution in [0.4, 0.5) is 0 Å². The van der Waals surface area contributed by atoms with Crippen molar-refractivity contribution < 1.29 is 10.2 Å². The lowest BCUT2D eigenvalue weighted by Crippen LogP contribution is -2.41. The standard InChI is InChI=1S/C19H24O2/c1-14(2)19(21,17-12-8-5-9-13-17)15(3)18(20)16-10-6-4-7-11-16/h4-15,18,20-21H,1-3H3/t15-,18-,19+/m0/s1. The molecule has 2 heteroatoms. The van der Waals surface area contributed by atoms with Crippen LogP contribution < -0.4 is 0 Å². The zero-order valence-corrected chi connectivity index (χ0v) is 12.9. The van der Waals surface area contributed by atoms with Crippen molar-refractivity contribution in [3.05, 3.63) is 71.8 Å². The van der Waals surface area contributed by atoms with Crippen molar-refractivity contribution >= 4 is 0 Å². The molecule has 0 spiro atoms. The van der Waals surface area contributed by atoms with E-state index in [4.69, 9.17) is 0 Å². The lowest BCUT2D eigenvalue weighted by atomic mass is 9.71. The summed E-state index contributed by atoms with van der Waals surface area (Å²) >= 11 is 0. The maximum atomic E-state index is 11.3. The average molecular weight is 284 g/mol. The molecule has 0 aliphatic carbocycles. The monoisotopic (exact) mass is 284 g/mol. The van der Waals surface area contributed by atoms with Gasteiger partial charge in [-0.05, 0) is 17.0 Å². The molecule has 2 nitrogen and oxygen atoms in total. The molecule has 0 unspecified atom stereocenters. The lowest BCUT2D eigenvalue weighted by molar-refractivity contribution is -0.102. The molecule has 0 bridgehead atoms. The van der Waals surface area contributed by atoms with Crippen molar-refractivity contribution in [3.8, 4) is 0 Å². The second-order valence-corrected chi connectivity index (χ2v) is 5.99. The van der Waals surface area contributed by atoms with Crippen molar-refractivity contribution in [3.63, 3.8) is 0 Å². The molecule has 0 heterocycles. The van der Waals surface area contributed by atoms with Gasteiger partial charge >= 0.3 is 0 Å². The topological polar surface area (TPSA) is 40.5 Å². The van der Waals surface area contributed by atoms with Crippen LogP contribution in [0, 0.1) is 11.8 Å². The molecule has 0 radical (unpaired) electrons. The molecule has 3 atom stereocenters. The van der Waals surface area contributed by atoms with Gasteiger partial charge in [-0.15, -0.1) is 0 Å². The van der Waals surface area contributed by atoms with Crippen molar-refractivity contribution in [2.45, 2.75) is 32.5 Å². The fourth-order valence-corrected chi connectivity index (χ4v) is 3.01. The van der Waals surface area contributed by atoms with Crippen molar-refractivity contribution in [2.24, 2.45) is 11.8 Å². The summed E-state index contributed by atoms with van der Waals surface area (Å²) in [6.45, 7) is 5.88. The van der Waals surface area contributed by atoms with Crippen LogP contribution in [-0.4, -0.2) is 10.2 Å². The summed E-state index contributed by atoms with van der Waals surface area (Å²) < 4.78 is 0. The first kappa shape index (κ1) is 15.7. The summed E-state index contributed by atoms with van der Waals surface area (Å²) in [5.74, 6) is -0.324. The van der Waals surface area contributed by atoms with Gasteiger partial charge in [-0.3, -0.25) is 0 Å². The van der Waals surface area contributed by atoms with Gasteiger partial charge in [0.15, 0.2) is 0 Å². The molecule has 2 aromatic carbocycles. The van der Waals surface area contributed by atoms with Gasteiger partial charge in [0.25, 0.3) is 0 Å². The summed E-state index contributed by atoms with van der Waals surface area (Å²) in [7, 11) is 0. The van der Waals surface area contributed by atoms with Gasteiger partial charge in [-0.25, -0.2) is 0 Å². The van der Waals surface area contributed by atoms with Crippen LogP contribution in [0.3, 0.4) is 0 Å². The highest BCUT2D eigenvalue weighted by atomic mass is 16.3. The first-order valence-corrected chi connectivity index (χ1v) is 7.48. The molecule has 0 aliphatic heterocycles. The van der Waals surface area contributed by atoms with E-state index in [-0.39, 0.29) is 11.8 Å². The number of benzene rings is 2. The van der Waals surface area contributed by atoms with E-state index < -0.39 is 11.7 Å². The Morgan fingerprint density at radius 2 is 1.29 bits per heavy atom. The Labute approximate surface area is 127 Å². The van der Waals surface area contributed by atoms with Crippen LogP contribution in [0.25, 0.3) is 0 Å². The van der Waals surface area contributed by atoms with Crippen LogP contribution in [-0.2, 0) is 5.60 Å². The Morgan fingerprint density at radius 1 is 0.810 bits per heavy atom. The van der Waals surface area contributed by atoms with Gasteiger partial charge in [0.05, 0.1) is 11.7 Å². The molecule has 0 fully saturated rings. The summed E-state index contributed by atoms with van der Waals surface area (Å²) in [6.07, 6.45) is -0.709. The predicted molar refractivity (Wildman–Crippen MR) is 85.7 cm³/mol. The SMILES string of the molecule is CC(C)[C@](O)(c1ccccc1)[C@@H](C)[C@H](O)c1ccccc1. The Morgan fingerprint density at radius 3 is 1.76 bits per heavy atom. The van der Waals surface area contributed by atoms with E-state index in [0.717, 1.165) is 11.1 Å². The molecule has 2 N–H and O–H groups in total. The first-order valence-electron chi connectivity index (χ1n) is 7.48. The largest absolute Gasteiger partial charge is 0.388 e. The van der Waals surface area contributed by atoms with Crippen LogP contribution >= 0.6 is 0 Å². The third kappa shape index (κ3) is 3.02. The minimum atomic E-state index is -1.07. The minimum absolute atomic E-state index is 0.00624. The smallest absolute Gasteiger partial charge is 0.0972 e. The van der Waals surface area contributed by atoms with Crippen LogP contribution in [0.5, 0.6) is 0 Å². The highest BCUT2D eigenvalue weighted by Gasteiger charge is 2.42. The van der Waals surface area contributed by atoms with Gasteiger partial charge in [0.1, 0.15) is 0 Å². The highest BCUT2D eigenvalue weighted by molar-refractivity contribution is 5.26. The molecule has 0 saturated carbocycles. The Balaban J connectivity index is 2.39. The highest BCUT2D eigenvalue weighted by Crippen LogP contribution is 2.42.